The summed E-state index contributed by atoms with van der Waals surface area (Å²) in [6.07, 6.45) is 3.28. The van der Waals surface area contributed by atoms with E-state index in [0.29, 0.717) is 12.8 Å². The molecule has 1 aliphatic heterocycles. The molecule has 0 radical (unpaired) electrons. The maximum Gasteiger partial charge on any atom is 0.302 e. The summed E-state index contributed by atoms with van der Waals surface area (Å²) >= 11 is 0. The topological polar surface area (TPSA) is 116 Å². The minimum absolute atomic E-state index is 0.0561. The van der Waals surface area contributed by atoms with Crippen molar-refractivity contribution in [1.82, 2.24) is 0 Å². The summed E-state index contributed by atoms with van der Waals surface area (Å²) in [4.78, 5) is 38.8. The molecule has 0 amide bonds. The number of carbonyl (C=O) groups is 3. The molecule has 208 valence electrons. The highest BCUT2D eigenvalue weighted by Gasteiger charge is 2.90. The van der Waals surface area contributed by atoms with E-state index in [9.17, 15) is 19.5 Å². The van der Waals surface area contributed by atoms with Crippen molar-refractivity contribution in [3.63, 3.8) is 0 Å². The molecule has 1 aromatic heterocycles. The second-order valence-corrected chi connectivity index (χ2v) is 13.8. The Morgan fingerprint density at radius 2 is 1.66 bits per heavy atom. The molecule has 38 heavy (non-hydrogen) atoms. The molecule has 4 aliphatic carbocycles. The predicted octanol–water partition coefficient (Wildman–Crippen LogP) is 4.19. The zero-order chi connectivity index (χ0) is 27.6. The van der Waals surface area contributed by atoms with Crippen LogP contribution in [0.3, 0.4) is 0 Å². The lowest BCUT2D eigenvalue weighted by Gasteiger charge is -2.70. The zero-order valence-corrected chi connectivity index (χ0v) is 23.4. The van der Waals surface area contributed by atoms with Crippen LogP contribution in [0.15, 0.2) is 23.0 Å². The Morgan fingerprint density at radius 1 is 1.00 bits per heavy atom. The lowest BCUT2D eigenvalue weighted by molar-refractivity contribution is -0.288. The second kappa shape index (κ2) is 7.72. The molecular formula is C30H40O8. The zero-order valence-electron chi connectivity index (χ0n) is 23.4. The van der Waals surface area contributed by atoms with Crippen LogP contribution in [0, 0.1) is 33.5 Å². The van der Waals surface area contributed by atoms with Crippen molar-refractivity contribution < 1.29 is 38.1 Å². The summed E-state index contributed by atoms with van der Waals surface area (Å²) in [7, 11) is 0. The van der Waals surface area contributed by atoms with E-state index in [4.69, 9.17) is 18.6 Å². The summed E-state index contributed by atoms with van der Waals surface area (Å²) in [5, 5.41) is 11.3. The average molecular weight is 529 g/mol. The van der Waals surface area contributed by atoms with Gasteiger partial charge in [-0.2, -0.15) is 0 Å². The van der Waals surface area contributed by atoms with Gasteiger partial charge >= 0.3 is 11.9 Å². The molecule has 0 aromatic carbocycles. The van der Waals surface area contributed by atoms with Crippen molar-refractivity contribution in [2.24, 2.45) is 33.5 Å². The van der Waals surface area contributed by atoms with Gasteiger partial charge < -0.3 is 23.7 Å². The molecule has 6 rings (SSSR count). The minimum atomic E-state index is -0.822. The monoisotopic (exact) mass is 528 g/mol. The number of furan rings is 1. The van der Waals surface area contributed by atoms with Crippen LogP contribution in [0.2, 0.25) is 0 Å². The summed E-state index contributed by atoms with van der Waals surface area (Å²) in [6, 6.07) is 1.87. The normalized spacial score (nSPS) is 50.2. The van der Waals surface area contributed by atoms with Crippen LogP contribution in [0.4, 0.5) is 0 Å². The lowest BCUT2D eigenvalue weighted by Crippen LogP contribution is -2.74. The molecule has 0 unspecified atom stereocenters. The molecule has 1 spiro atoms. The number of Topliss-reactive ketones (excluding diaryl/α,β-unsaturated/α-hetero) is 1. The van der Waals surface area contributed by atoms with Gasteiger partial charge in [-0.25, -0.2) is 0 Å². The fourth-order valence-electron chi connectivity index (χ4n) is 10.5. The highest BCUT2D eigenvalue weighted by molar-refractivity contribution is 5.98. The number of ether oxygens (including phenoxy) is 3. The molecule has 2 heterocycles. The number of hydrogen-bond acceptors (Lipinski definition) is 8. The molecule has 5 fully saturated rings. The van der Waals surface area contributed by atoms with Gasteiger partial charge in [0.25, 0.3) is 0 Å². The minimum Gasteiger partial charge on any atom is -0.472 e. The Bertz CT molecular complexity index is 1190. The Kier molecular flexibility index (Phi) is 5.29. The number of epoxide rings is 1. The quantitative estimate of drug-likeness (QED) is 0.459. The van der Waals surface area contributed by atoms with Crippen molar-refractivity contribution in [3.8, 4) is 0 Å². The van der Waals surface area contributed by atoms with Crippen molar-refractivity contribution in [1.29, 1.82) is 0 Å². The van der Waals surface area contributed by atoms with Crippen LogP contribution in [0.5, 0.6) is 0 Å². The van der Waals surface area contributed by atoms with Gasteiger partial charge in [0.05, 0.1) is 24.5 Å². The smallest absolute Gasteiger partial charge is 0.302 e. The average Bonchev–Trinajstić information content (AvgIpc) is 3.30. The van der Waals surface area contributed by atoms with Gasteiger partial charge in [-0.05, 0) is 42.6 Å². The third-order valence-electron chi connectivity index (χ3n) is 12.1. The molecule has 11 atom stereocenters. The van der Waals surface area contributed by atoms with Gasteiger partial charge in [-0.3, -0.25) is 14.4 Å². The highest BCUT2D eigenvalue weighted by atomic mass is 16.6. The molecule has 8 nitrogen and oxygen atoms in total. The summed E-state index contributed by atoms with van der Waals surface area (Å²) in [5.41, 5.74) is -2.23. The van der Waals surface area contributed by atoms with Crippen molar-refractivity contribution in [2.75, 3.05) is 0 Å². The van der Waals surface area contributed by atoms with Crippen LogP contribution in [-0.2, 0) is 28.6 Å². The molecule has 5 aliphatic rings. The van der Waals surface area contributed by atoms with Crippen LogP contribution in [0.25, 0.3) is 0 Å². The van der Waals surface area contributed by atoms with Gasteiger partial charge in [0.1, 0.15) is 23.9 Å². The maximum atomic E-state index is 13.9. The van der Waals surface area contributed by atoms with E-state index in [0.717, 1.165) is 18.4 Å². The van der Waals surface area contributed by atoms with Crippen LogP contribution in [-0.4, -0.2) is 52.8 Å². The SMILES string of the molecule is CC(=O)O[C@H]1C[C@@H](O)C(C)(C)[C@H]2C[C@@H](OC(C)=O)[C@]3(C)[C@@H](CC[C@@]4(C)[C@@H](c5ccoc5)C(=O)[C@@H]5O[C@]534)[C@@]12C. The largest absolute Gasteiger partial charge is 0.472 e. The fraction of sp³-hybridized carbons (Fsp3) is 0.767. The van der Waals surface area contributed by atoms with Crippen LogP contribution >= 0.6 is 0 Å². The molecule has 8 heteroatoms. The highest BCUT2D eigenvalue weighted by Crippen LogP contribution is 2.82. The standard InChI is InChI=1S/C30H40O8/c1-15(31)36-21-13-20(33)26(3,4)19-12-22(37-16(2)32)29(7)18(28(19,21)6)8-10-27(5)23(17-9-11-35-14-17)24(34)25-30(27,29)38-25/h9,11,14,18-23,25,33H,8,10,12-13H2,1-7H3/t18-,19+,20+,21-,22+,23-,25-,27-,28+,29-,30-/m0/s1. The van der Waals surface area contributed by atoms with Gasteiger partial charge in [0.2, 0.25) is 0 Å². The van der Waals surface area contributed by atoms with E-state index < -0.39 is 51.7 Å². The third-order valence-corrected chi connectivity index (χ3v) is 12.1. The molecule has 1 saturated heterocycles. The second-order valence-electron chi connectivity index (χ2n) is 13.8. The molecule has 1 aromatic rings. The summed E-state index contributed by atoms with van der Waals surface area (Å²) in [5.74, 6) is -1.23. The van der Waals surface area contributed by atoms with E-state index in [1.807, 2.05) is 6.07 Å². The molecule has 0 bridgehead atoms. The van der Waals surface area contributed by atoms with E-state index in [2.05, 4.69) is 34.6 Å². The maximum absolute atomic E-state index is 13.9. The number of carbonyl (C=O) groups excluding carboxylic acids is 3. The van der Waals surface area contributed by atoms with Gasteiger partial charge in [-0.1, -0.05) is 34.6 Å². The van der Waals surface area contributed by atoms with Gasteiger partial charge in [-0.15, -0.1) is 0 Å². The fourth-order valence-corrected chi connectivity index (χ4v) is 10.5. The van der Waals surface area contributed by atoms with Crippen LogP contribution in [0.1, 0.15) is 85.6 Å². The Balaban J connectivity index is 1.54. The number of aliphatic hydroxyl groups excluding tert-OH is 1. The number of esters is 2. The first-order valence-corrected chi connectivity index (χ1v) is 13.9. The van der Waals surface area contributed by atoms with Crippen molar-refractivity contribution >= 4 is 17.7 Å². The van der Waals surface area contributed by atoms with E-state index >= 15 is 0 Å². The molecule has 1 N–H and O–H groups in total. The third kappa shape index (κ3) is 2.81. The van der Waals surface area contributed by atoms with Crippen molar-refractivity contribution in [3.05, 3.63) is 24.2 Å². The Hall–Kier alpha value is -2.19. The first-order chi connectivity index (χ1) is 17.7. The number of hydrogen-bond donors (Lipinski definition) is 1. The number of ketones is 1. The Labute approximate surface area is 223 Å². The van der Waals surface area contributed by atoms with E-state index in [1.165, 1.54) is 13.8 Å². The predicted molar refractivity (Wildman–Crippen MR) is 135 cm³/mol. The summed E-state index contributed by atoms with van der Waals surface area (Å²) < 4.78 is 24.1. The van der Waals surface area contributed by atoms with Crippen LogP contribution < -0.4 is 0 Å². The van der Waals surface area contributed by atoms with Gasteiger partial charge in [0, 0.05) is 42.1 Å². The lowest BCUT2D eigenvalue weighted by atomic mass is 9.35. The molecule has 4 saturated carbocycles. The van der Waals surface area contributed by atoms with E-state index in [-0.39, 0.29) is 35.5 Å². The first-order valence-electron chi connectivity index (χ1n) is 13.9. The van der Waals surface area contributed by atoms with Crippen molar-refractivity contribution in [2.45, 2.75) is 110 Å². The summed E-state index contributed by atoms with van der Waals surface area (Å²) in [6.45, 7) is 13.4. The Morgan fingerprint density at radius 3 is 2.26 bits per heavy atom. The number of fused-ring (bicyclic) bond motifs is 3. The van der Waals surface area contributed by atoms with Gasteiger partial charge in [0.15, 0.2) is 5.78 Å². The number of aliphatic hydroxyl groups is 1. The van der Waals surface area contributed by atoms with E-state index in [1.54, 1.807) is 12.5 Å². The molecular weight excluding hydrogens is 488 g/mol. The number of rotatable bonds is 3. The first kappa shape index (κ1) is 26.1.